The SMILES string of the molecule is COCC(=O)N1CCCOCCCCO[C@H]([C@H](O)CO)[C@H](O)[C@H](O)C1. The fourth-order valence-electron chi connectivity index (χ4n) is 2.61. The minimum Gasteiger partial charge on any atom is -0.394 e. The Hall–Kier alpha value is -0.810. The summed E-state index contributed by atoms with van der Waals surface area (Å²) in [7, 11) is 1.40. The summed E-state index contributed by atoms with van der Waals surface area (Å²) in [5, 5.41) is 39.7. The summed E-state index contributed by atoms with van der Waals surface area (Å²) in [5.41, 5.74) is 0. The van der Waals surface area contributed by atoms with Crippen LogP contribution < -0.4 is 0 Å². The minimum atomic E-state index is -1.45. The number of hydrogen-bond donors (Lipinski definition) is 4. The van der Waals surface area contributed by atoms with Gasteiger partial charge in [0.15, 0.2) is 0 Å². The van der Waals surface area contributed by atoms with Crippen molar-refractivity contribution in [3.8, 4) is 0 Å². The number of aliphatic hydroxyl groups excluding tert-OH is 4. The highest BCUT2D eigenvalue weighted by atomic mass is 16.5. The van der Waals surface area contributed by atoms with Crippen molar-refractivity contribution < 1.29 is 39.4 Å². The van der Waals surface area contributed by atoms with E-state index < -0.39 is 31.0 Å². The Balaban J connectivity index is 2.82. The molecule has 0 bridgehead atoms. The molecule has 25 heavy (non-hydrogen) atoms. The lowest BCUT2D eigenvalue weighted by Crippen LogP contribution is -2.52. The van der Waals surface area contributed by atoms with Gasteiger partial charge in [-0.25, -0.2) is 0 Å². The average Bonchev–Trinajstić information content (AvgIpc) is 2.60. The summed E-state index contributed by atoms with van der Waals surface area (Å²) in [6.07, 6.45) is -3.27. The Bertz CT molecular complexity index is 370. The van der Waals surface area contributed by atoms with Crippen LogP contribution in [0.4, 0.5) is 0 Å². The molecule has 0 spiro atoms. The van der Waals surface area contributed by atoms with Gasteiger partial charge in [-0.15, -0.1) is 0 Å². The molecule has 1 heterocycles. The van der Waals surface area contributed by atoms with Gasteiger partial charge in [-0.2, -0.15) is 0 Å². The van der Waals surface area contributed by atoms with Crippen molar-refractivity contribution >= 4 is 5.91 Å². The van der Waals surface area contributed by atoms with Gasteiger partial charge < -0.3 is 39.5 Å². The molecule has 9 nitrogen and oxygen atoms in total. The fourth-order valence-corrected chi connectivity index (χ4v) is 2.61. The molecule has 1 aliphatic heterocycles. The summed E-state index contributed by atoms with van der Waals surface area (Å²) >= 11 is 0. The summed E-state index contributed by atoms with van der Waals surface area (Å²) in [4.78, 5) is 13.5. The lowest BCUT2D eigenvalue weighted by atomic mass is 10.0. The molecule has 0 aliphatic carbocycles. The zero-order valence-corrected chi connectivity index (χ0v) is 14.7. The molecule has 0 radical (unpaired) electrons. The van der Waals surface area contributed by atoms with Crippen LogP contribution in [-0.4, -0.2) is 109 Å². The first-order valence-corrected chi connectivity index (χ1v) is 8.62. The van der Waals surface area contributed by atoms with Gasteiger partial charge in [0.2, 0.25) is 5.91 Å². The van der Waals surface area contributed by atoms with E-state index in [1.807, 2.05) is 0 Å². The van der Waals surface area contributed by atoms with E-state index in [4.69, 9.17) is 19.3 Å². The second-order valence-corrected chi connectivity index (χ2v) is 6.09. The van der Waals surface area contributed by atoms with Gasteiger partial charge in [0.1, 0.15) is 31.0 Å². The lowest BCUT2D eigenvalue weighted by Gasteiger charge is -2.33. The molecular formula is C16H31NO8. The average molecular weight is 365 g/mol. The molecule has 0 aromatic heterocycles. The number of hydrogen-bond acceptors (Lipinski definition) is 8. The number of rotatable bonds is 4. The summed E-state index contributed by atoms with van der Waals surface area (Å²) in [6, 6.07) is 0. The first kappa shape index (κ1) is 22.2. The van der Waals surface area contributed by atoms with Crippen LogP contribution in [0.5, 0.6) is 0 Å². The minimum absolute atomic E-state index is 0.136. The molecule has 0 unspecified atom stereocenters. The van der Waals surface area contributed by atoms with E-state index in [-0.39, 0.29) is 25.7 Å². The highest BCUT2D eigenvalue weighted by molar-refractivity contribution is 5.77. The number of methoxy groups -OCH3 is 1. The molecule has 1 saturated heterocycles. The third-order valence-electron chi connectivity index (χ3n) is 4.04. The maximum Gasteiger partial charge on any atom is 0.248 e. The van der Waals surface area contributed by atoms with E-state index in [2.05, 4.69) is 0 Å². The van der Waals surface area contributed by atoms with Crippen LogP contribution in [0.3, 0.4) is 0 Å². The van der Waals surface area contributed by atoms with E-state index in [1.54, 1.807) is 0 Å². The largest absolute Gasteiger partial charge is 0.394 e. The highest BCUT2D eigenvalue weighted by Crippen LogP contribution is 2.13. The number of amides is 1. The van der Waals surface area contributed by atoms with Crippen molar-refractivity contribution in [1.82, 2.24) is 4.90 Å². The van der Waals surface area contributed by atoms with Gasteiger partial charge in [0.05, 0.1) is 6.61 Å². The van der Waals surface area contributed by atoms with Crippen LogP contribution in [0, 0.1) is 0 Å². The quantitative estimate of drug-likeness (QED) is 0.456. The van der Waals surface area contributed by atoms with Crippen molar-refractivity contribution in [2.24, 2.45) is 0 Å². The maximum atomic E-state index is 12.1. The Morgan fingerprint density at radius 1 is 1.24 bits per heavy atom. The van der Waals surface area contributed by atoms with E-state index in [9.17, 15) is 20.1 Å². The number of carbonyl (C=O) groups excluding carboxylic acids is 1. The highest BCUT2D eigenvalue weighted by Gasteiger charge is 2.34. The summed E-state index contributed by atoms with van der Waals surface area (Å²) < 4.78 is 15.8. The van der Waals surface area contributed by atoms with E-state index >= 15 is 0 Å². The fraction of sp³-hybridized carbons (Fsp3) is 0.938. The molecule has 0 saturated carbocycles. The molecule has 4 N–H and O–H groups in total. The Labute approximate surface area is 148 Å². The van der Waals surface area contributed by atoms with Gasteiger partial charge in [-0.3, -0.25) is 4.79 Å². The molecule has 1 rings (SSSR count). The van der Waals surface area contributed by atoms with Crippen LogP contribution in [0.2, 0.25) is 0 Å². The van der Waals surface area contributed by atoms with Crippen LogP contribution in [0.1, 0.15) is 19.3 Å². The van der Waals surface area contributed by atoms with E-state index in [0.29, 0.717) is 32.6 Å². The molecule has 1 amide bonds. The van der Waals surface area contributed by atoms with Crippen LogP contribution in [0.25, 0.3) is 0 Å². The summed E-state index contributed by atoms with van der Waals surface area (Å²) in [5.74, 6) is -0.319. The Morgan fingerprint density at radius 3 is 2.60 bits per heavy atom. The van der Waals surface area contributed by atoms with Gasteiger partial charge in [0, 0.05) is 40.0 Å². The van der Waals surface area contributed by atoms with Crippen LogP contribution in [-0.2, 0) is 19.0 Å². The van der Waals surface area contributed by atoms with Crippen LogP contribution >= 0.6 is 0 Å². The zero-order valence-electron chi connectivity index (χ0n) is 14.7. The number of carbonyl (C=O) groups is 1. The predicted molar refractivity (Wildman–Crippen MR) is 88.0 cm³/mol. The van der Waals surface area contributed by atoms with Gasteiger partial charge in [-0.1, -0.05) is 0 Å². The molecule has 1 fully saturated rings. The van der Waals surface area contributed by atoms with Gasteiger partial charge >= 0.3 is 0 Å². The first-order chi connectivity index (χ1) is 12.0. The Morgan fingerprint density at radius 2 is 1.92 bits per heavy atom. The van der Waals surface area contributed by atoms with Crippen molar-refractivity contribution in [3.05, 3.63) is 0 Å². The monoisotopic (exact) mass is 365 g/mol. The normalized spacial score (nSPS) is 29.0. The summed E-state index contributed by atoms with van der Waals surface area (Å²) in [6.45, 7) is 0.755. The molecule has 1 aliphatic rings. The van der Waals surface area contributed by atoms with Crippen LogP contribution in [0.15, 0.2) is 0 Å². The third kappa shape index (κ3) is 7.95. The predicted octanol–water partition coefficient (Wildman–Crippen LogP) is -1.88. The first-order valence-electron chi connectivity index (χ1n) is 8.62. The number of aliphatic hydroxyl groups is 4. The van der Waals surface area contributed by atoms with E-state index in [1.165, 1.54) is 12.0 Å². The molecule has 0 aromatic rings. The number of ether oxygens (including phenoxy) is 3. The van der Waals surface area contributed by atoms with Crippen molar-refractivity contribution in [2.75, 3.05) is 53.2 Å². The third-order valence-corrected chi connectivity index (χ3v) is 4.04. The standard InChI is InChI=1S/C16H31NO8/c1-23-11-14(21)17-5-4-7-24-6-2-3-8-25-16(13(20)10-18)15(22)12(19)9-17/h12-13,15-16,18-20,22H,2-11H2,1H3/t12-,13-,15-,16-/m1/s1. The van der Waals surface area contributed by atoms with E-state index in [0.717, 1.165) is 6.42 Å². The smallest absolute Gasteiger partial charge is 0.248 e. The van der Waals surface area contributed by atoms with Crippen molar-refractivity contribution in [2.45, 2.75) is 43.7 Å². The maximum absolute atomic E-state index is 12.1. The molecule has 148 valence electrons. The molecule has 0 aromatic carbocycles. The second-order valence-electron chi connectivity index (χ2n) is 6.09. The number of nitrogens with zero attached hydrogens (tertiary/aromatic N) is 1. The molecule has 9 heteroatoms. The molecular weight excluding hydrogens is 334 g/mol. The molecule has 4 atom stereocenters. The number of β-amino-alcohol motifs (C(OH)–C–C–N with tert-alkyl or cyclic N) is 1. The zero-order chi connectivity index (χ0) is 18.7. The van der Waals surface area contributed by atoms with Crippen molar-refractivity contribution in [3.63, 3.8) is 0 Å². The van der Waals surface area contributed by atoms with Gasteiger partial charge in [-0.05, 0) is 19.3 Å². The van der Waals surface area contributed by atoms with Gasteiger partial charge in [0.25, 0.3) is 0 Å². The topological polar surface area (TPSA) is 129 Å². The van der Waals surface area contributed by atoms with Crippen molar-refractivity contribution in [1.29, 1.82) is 0 Å². The Kier molecular flexibility index (Phi) is 11.1. The lowest BCUT2D eigenvalue weighted by molar-refractivity contribution is -0.153. The second kappa shape index (κ2) is 12.5.